The molecule has 5 nitrogen and oxygen atoms in total. The van der Waals surface area contributed by atoms with Crippen LogP contribution in [0, 0.1) is 5.41 Å². The lowest BCUT2D eigenvalue weighted by atomic mass is 9.72. The third-order valence-corrected chi connectivity index (χ3v) is 4.12. The largest absolute Gasteiger partial charge is 0.330 e. The molecule has 18 heavy (non-hydrogen) atoms. The predicted molar refractivity (Wildman–Crippen MR) is 69.1 cm³/mol. The lowest BCUT2D eigenvalue weighted by molar-refractivity contribution is 0.192. The van der Waals surface area contributed by atoms with Crippen molar-refractivity contribution in [1.29, 1.82) is 0 Å². The van der Waals surface area contributed by atoms with Gasteiger partial charge in [-0.1, -0.05) is 19.3 Å². The van der Waals surface area contributed by atoms with E-state index in [0.29, 0.717) is 0 Å². The van der Waals surface area contributed by atoms with E-state index in [1.54, 1.807) is 6.20 Å². The average molecular weight is 245 g/mol. The minimum atomic E-state index is 0.207. The first kappa shape index (κ1) is 11.6. The quantitative estimate of drug-likeness (QED) is 0.891. The topological polar surface area (TPSA) is 69.1 Å². The molecular weight excluding hydrogens is 226 g/mol. The van der Waals surface area contributed by atoms with E-state index < -0.39 is 0 Å². The van der Waals surface area contributed by atoms with Gasteiger partial charge >= 0.3 is 0 Å². The molecule has 0 aliphatic heterocycles. The fraction of sp³-hybridized carbons (Fsp3) is 0.615. The standard InChI is InChI=1S/C13H19N5/c14-10-13(6-2-1-3-7-13)9-12-17-16-11-5-4-8-15-18(11)12/h4-5,8H,1-3,6-7,9-10,14H2. The predicted octanol–water partition coefficient (Wildman–Crippen LogP) is 1.58. The number of aromatic nitrogens is 4. The van der Waals surface area contributed by atoms with E-state index in [1.807, 2.05) is 16.6 Å². The van der Waals surface area contributed by atoms with Gasteiger partial charge in [-0.2, -0.15) is 9.61 Å². The van der Waals surface area contributed by atoms with E-state index in [9.17, 15) is 0 Å². The molecule has 0 aromatic carbocycles. The molecule has 2 aromatic heterocycles. The number of hydrogen-bond acceptors (Lipinski definition) is 4. The molecule has 1 aliphatic carbocycles. The van der Waals surface area contributed by atoms with Crippen molar-refractivity contribution in [2.75, 3.05) is 6.54 Å². The van der Waals surface area contributed by atoms with E-state index in [-0.39, 0.29) is 5.41 Å². The van der Waals surface area contributed by atoms with Crippen LogP contribution in [0.2, 0.25) is 0 Å². The summed E-state index contributed by atoms with van der Waals surface area (Å²) in [6, 6.07) is 3.81. The van der Waals surface area contributed by atoms with Crippen molar-refractivity contribution in [2.45, 2.75) is 38.5 Å². The number of fused-ring (bicyclic) bond motifs is 1. The molecule has 1 aliphatic rings. The minimum Gasteiger partial charge on any atom is -0.330 e. The summed E-state index contributed by atoms with van der Waals surface area (Å²) in [4.78, 5) is 0. The summed E-state index contributed by atoms with van der Waals surface area (Å²) in [6.45, 7) is 0.731. The average Bonchev–Trinajstić information content (AvgIpc) is 2.83. The molecule has 5 heteroatoms. The summed E-state index contributed by atoms with van der Waals surface area (Å²) in [6.07, 6.45) is 8.96. The number of nitrogens with two attached hydrogens (primary N) is 1. The van der Waals surface area contributed by atoms with Gasteiger partial charge in [-0.3, -0.25) is 0 Å². The minimum absolute atomic E-state index is 0.207. The second-order valence-electron chi connectivity index (χ2n) is 5.35. The summed E-state index contributed by atoms with van der Waals surface area (Å²) < 4.78 is 1.84. The first-order valence-corrected chi connectivity index (χ1v) is 6.68. The van der Waals surface area contributed by atoms with Crippen LogP contribution in [0.3, 0.4) is 0 Å². The number of hydrogen-bond donors (Lipinski definition) is 1. The zero-order valence-corrected chi connectivity index (χ0v) is 10.5. The maximum atomic E-state index is 6.02. The molecule has 2 heterocycles. The van der Waals surface area contributed by atoms with E-state index in [1.165, 1.54) is 32.1 Å². The molecule has 3 rings (SSSR count). The Morgan fingerprint density at radius 1 is 1.22 bits per heavy atom. The van der Waals surface area contributed by atoms with Crippen molar-refractivity contribution in [3.63, 3.8) is 0 Å². The van der Waals surface area contributed by atoms with Crippen LogP contribution in [0.15, 0.2) is 18.3 Å². The first-order valence-electron chi connectivity index (χ1n) is 6.68. The fourth-order valence-electron chi connectivity index (χ4n) is 2.99. The van der Waals surface area contributed by atoms with Crippen molar-refractivity contribution in [3.05, 3.63) is 24.2 Å². The Labute approximate surface area is 106 Å². The maximum Gasteiger partial charge on any atom is 0.177 e. The highest BCUT2D eigenvalue weighted by Crippen LogP contribution is 2.37. The van der Waals surface area contributed by atoms with Crippen LogP contribution in [0.25, 0.3) is 5.65 Å². The van der Waals surface area contributed by atoms with E-state index in [0.717, 1.165) is 24.4 Å². The highest BCUT2D eigenvalue weighted by Gasteiger charge is 2.32. The Morgan fingerprint density at radius 3 is 2.83 bits per heavy atom. The molecule has 0 unspecified atom stereocenters. The molecule has 0 atom stereocenters. The van der Waals surface area contributed by atoms with Crippen LogP contribution in [0.1, 0.15) is 37.9 Å². The third kappa shape index (κ3) is 1.99. The smallest absolute Gasteiger partial charge is 0.177 e. The summed E-state index contributed by atoms with van der Waals surface area (Å²) in [5.41, 5.74) is 7.04. The molecule has 0 radical (unpaired) electrons. The molecule has 0 bridgehead atoms. The van der Waals surface area contributed by atoms with Crippen molar-refractivity contribution >= 4 is 5.65 Å². The Kier molecular flexibility index (Phi) is 2.99. The molecule has 2 N–H and O–H groups in total. The zero-order chi connectivity index (χ0) is 12.4. The van der Waals surface area contributed by atoms with Gasteiger partial charge in [0.15, 0.2) is 11.5 Å². The van der Waals surface area contributed by atoms with E-state index in [2.05, 4.69) is 15.3 Å². The van der Waals surface area contributed by atoms with Crippen LogP contribution < -0.4 is 5.73 Å². The number of nitrogens with zero attached hydrogens (tertiary/aromatic N) is 4. The molecule has 2 aromatic rings. The van der Waals surface area contributed by atoms with E-state index in [4.69, 9.17) is 5.73 Å². The van der Waals surface area contributed by atoms with Crippen LogP contribution in [-0.2, 0) is 6.42 Å². The Hall–Kier alpha value is -1.49. The summed E-state index contributed by atoms with van der Waals surface area (Å²) in [7, 11) is 0. The van der Waals surface area contributed by atoms with Gasteiger partial charge in [0.2, 0.25) is 0 Å². The van der Waals surface area contributed by atoms with Gasteiger partial charge in [0.05, 0.1) is 0 Å². The SMILES string of the molecule is NCC1(Cc2nnc3cccnn23)CCCCC1. The second kappa shape index (κ2) is 4.65. The summed E-state index contributed by atoms with van der Waals surface area (Å²) in [5.74, 6) is 0.943. The van der Waals surface area contributed by atoms with Gasteiger partial charge in [0.25, 0.3) is 0 Å². The number of rotatable bonds is 3. The Balaban J connectivity index is 1.90. The van der Waals surface area contributed by atoms with E-state index >= 15 is 0 Å². The zero-order valence-electron chi connectivity index (χ0n) is 10.5. The summed E-state index contributed by atoms with van der Waals surface area (Å²) >= 11 is 0. The van der Waals surface area contributed by atoms with Crippen LogP contribution in [0.5, 0.6) is 0 Å². The molecule has 0 amide bonds. The Bertz CT molecular complexity index is 527. The Morgan fingerprint density at radius 2 is 2.06 bits per heavy atom. The first-order chi connectivity index (χ1) is 8.83. The van der Waals surface area contributed by atoms with Crippen LogP contribution >= 0.6 is 0 Å². The lowest BCUT2D eigenvalue weighted by Crippen LogP contribution is -2.35. The third-order valence-electron chi connectivity index (χ3n) is 4.12. The van der Waals surface area contributed by atoms with Gasteiger partial charge in [0, 0.05) is 12.6 Å². The lowest BCUT2D eigenvalue weighted by Gasteiger charge is -2.35. The fourth-order valence-corrected chi connectivity index (χ4v) is 2.99. The van der Waals surface area contributed by atoms with Crippen LogP contribution in [-0.4, -0.2) is 26.4 Å². The van der Waals surface area contributed by atoms with Crippen molar-refractivity contribution < 1.29 is 0 Å². The molecule has 0 saturated heterocycles. The highest BCUT2D eigenvalue weighted by molar-refractivity contribution is 5.34. The van der Waals surface area contributed by atoms with Crippen molar-refractivity contribution in [1.82, 2.24) is 19.8 Å². The molecule has 1 saturated carbocycles. The molecule has 0 spiro atoms. The van der Waals surface area contributed by atoms with Gasteiger partial charge in [0.1, 0.15) is 0 Å². The molecular formula is C13H19N5. The van der Waals surface area contributed by atoms with Gasteiger partial charge in [-0.05, 0) is 36.9 Å². The van der Waals surface area contributed by atoms with Gasteiger partial charge in [-0.15, -0.1) is 10.2 Å². The van der Waals surface area contributed by atoms with Crippen LogP contribution in [0.4, 0.5) is 0 Å². The highest BCUT2D eigenvalue weighted by atomic mass is 15.4. The normalized spacial score (nSPS) is 19.2. The molecule has 96 valence electrons. The monoisotopic (exact) mass is 245 g/mol. The van der Waals surface area contributed by atoms with Crippen molar-refractivity contribution in [3.8, 4) is 0 Å². The van der Waals surface area contributed by atoms with Gasteiger partial charge < -0.3 is 5.73 Å². The van der Waals surface area contributed by atoms with Gasteiger partial charge in [-0.25, -0.2) is 0 Å². The second-order valence-corrected chi connectivity index (χ2v) is 5.35. The van der Waals surface area contributed by atoms with Crippen molar-refractivity contribution in [2.24, 2.45) is 11.1 Å². The summed E-state index contributed by atoms with van der Waals surface area (Å²) in [5, 5.41) is 12.8. The molecule has 1 fully saturated rings. The maximum absolute atomic E-state index is 6.02.